The van der Waals surface area contributed by atoms with Crippen LogP contribution in [0.1, 0.15) is 19.3 Å². The van der Waals surface area contributed by atoms with E-state index in [1.54, 1.807) is 9.80 Å². The van der Waals surface area contributed by atoms with E-state index >= 15 is 0 Å². The summed E-state index contributed by atoms with van der Waals surface area (Å²) in [5, 5.41) is 4.39. The predicted octanol–water partition coefficient (Wildman–Crippen LogP) is 2.47. The zero-order chi connectivity index (χ0) is 24.8. The van der Waals surface area contributed by atoms with Crippen LogP contribution >= 0.6 is 0 Å². The van der Waals surface area contributed by atoms with Crippen LogP contribution < -0.4 is 15.4 Å². The van der Waals surface area contributed by atoms with Gasteiger partial charge >= 0.3 is 12.8 Å². The molecule has 0 aromatic heterocycles. The molecule has 1 aromatic carbocycles. The highest BCUT2D eigenvalue weighted by molar-refractivity contribution is 5.92. The number of piperidine rings is 1. The van der Waals surface area contributed by atoms with Crippen molar-refractivity contribution in [3.05, 3.63) is 23.8 Å². The third-order valence-corrected chi connectivity index (χ3v) is 6.28. The minimum Gasteiger partial charge on any atom is -0.431 e. The van der Waals surface area contributed by atoms with Gasteiger partial charge in [-0.05, 0) is 19.3 Å². The van der Waals surface area contributed by atoms with E-state index in [2.05, 4.69) is 15.4 Å². The number of rotatable bonds is 8. The van der Waals surface area contributed by atoms with E-state index in [0.29, 0.717) is 19.2 Å². The summed E-state index contributed by atoms with van der Waals surface area (Å²) in [6.07, 6.45) is -4.03. The summed E-state index contributed by atoms with van der Waals surface area (Å²) in [7, 11) is 0. The largest absolute Gasteiger partial charge is 0.431 e. The standard InChI is InChI=1S/C20H21F7N4O3/c21-13-3-10(4-14(17(13)22)34-18(23)24)28-15(32)8-30-6-11-5-12(7-30)31(11)9-16(33)29-19(1-2-19)20(25,26)27/h3-4,11-12,18H,1-2,5-9H2,(H,28,32)(H,29,33). The van der Waals surface area contributed by atoms with E-state index in [-0.39, 0.29) is 43.7 Å². The zero-order valence-corrected chi connectivity index (χ0v) is 17.6. The van der Waals surface area contributed by atoms with Crippen molar-refractivity contribution in [2.45, 2.75) is 49.7 Å². The molecule has 2 N–H and O–H groups in total. The van der Waals surface area contributed by atoms with Crippen molar-refractivity contribution in [3.63, 3.8) is 0 Å². The minimum atomic E-state index is -4.49. The molecule has 2 amide bonds. The Labute approximate surface area is 189 Å². The fourth-order valence-corrected chi connectivity index (χ4v) is 4.46. The van der Waals surface area contributed by atoms with Crippen LogP contribution in [0.5, 0.6) is 5.75 Å². The summed E-state index contributed by atoms with van der Waals surface area (Å²) in [4.78, 5) is 28.0. The first-order valence-corrected chi connectivity index (χ1v) is 10.5. The first kappa shape index (κ1) is 24.5. The van der Waals surface area contributed by atoms with Gasteiger partial charge < -0.3 is 15.4 Å². The van der Waals surface area contributed by atoms with Gasteiger partial charge in [0.15, 0.2) is 11.6 Å². The molecule has 1 aliphatic carbocycles. The number of hydrogen-bond acceptors (Lipinski definition) is 5. The van der Waals surface area contributed by atoms with Gasteiger partial charge in [-0.2, -0.15) is 26.3 Å². The Morgan fingerprint density at radius 2 is 1.74 bits per heavy atom. The van der Waals surface area contributed by atoms with Crippen molar-refractivity contribution < 1.29 is 45.1 Å². The van der Waals surface area contributed by atoms with E-state index < -0.39 is 47.5 Å². The molecule has 3 saturated heterocycles. The fraction of sp³-hybridized carbons (Fsp3) is 0.600. The Kier molecular flexibility index (Phi) is 6.40. The first-order chi connectivity index (χ1) is 15.9. The lowest BCUT2D eigenvalue weighted by Crippen LogP contribution is -2.70. The van der Waals surface area contributed by atoms with Gasteiger partial charge in [0.25, 0.3) is 0 Å². The molecule has 4 fully saturated rings. The highest BCUT2D eigenvalue weighted by Gasteiger charge is 2.64. The summed E-state index contributed by atoms with van der Waals surface area (Å²) in [6, 6.07) is 1.14. The number of nitrogens with one attached hydrogen (secondary N) is 2. The van der Waals surface area contributed by atoms with Crippen molar-refractivity contribution in [1.29, 1.82) is 0 Å². The summed E-state index contributed by atoms with van der Waals surface area (Å²) >= 11 is 0. The van der Waals surface area contributed by atoms with Crippen LogP contribution in [-0.2, 0) is 9.59 Å². The van der Waals surface area contributed by atoms with Gasteiger partial charge in [-0.25, -0.2) is 4.39 Å². The number of hydrogen-bond donors (Lipinski definition) is 2. The maximum Gasteiger partial charge on any atom is 0.411 e. The Morgan fingerprint density at radius 1 is 1.09 bits per heavy atom. The molecule has 3 aliphatic heterocycles. The van der Waals surface area contributed by atoms with E-state index in [1.165, 1.54) is 0 Å². The average molecular weight is 498 g/mol. The van der Waals surface area contributed by atoms with Crippen LogP contribution in [0, 0.1) is 11.6 Å². The first-order valence-electron chi connectivity index (χ1n) is 10.5. The molecule has 5 rings (SSSR count). The maximum atomic E-state index is 13.6. The Bertz CT molecular complexity index is 958. The van der Waals surface area contributed by atoms with Gasteiger partial charge in [0.05, 0.1) is 13.1 Å². The number of benzene rings is 1. The molecule has 34 heavy (non-hydrogen) atoms. The van der Waals surface area contributed by atoms with Crippen molar-refractivity contribution in [2.24, 2.45) is 0 Å². The van der Waals surface area contributed by atoms with E-state index in [9.17, 15) is 40.3 Å². The molecule has 14 heteroatoms. The van der Waals surface area contributed by atoms with Gasteiger partial charge in [-0.1, -0.05) is 0 Å². The molecule has 3 heterocycles. The summed E-state index contributed by atoms with van der Waals surface area (Å²) in [6.45, 7) is -2.95. The predicted molar refractivity (Wildman–Crippen MR) is 103 cm³/mol. The average Bonchev–Trinajstić information content (AvgIpc) is 3.50. The van der Waals surface area contributed by atoms with Crippen molar-refractivity contribution in [3.8, 4) is 5.75 Å². The zero-order valence-electron chi connectivity index (χ0n) is 17.6. The molecule has 2 bridgehead atoms. The lowest BCUT2D eigenvalue weighted by molar-refractivity contribution is -0.172. The Hall–Kier alpha value is -2.61. The van der Waals surface area contributed by atoms with E-state index in [1.807, 2.05) is 0 Å². The van der Waals surface area contributed by atoms with Crippen molar-refractivity contribution in [1.82, 2.24) is 15.1 Å². The quantitative estimate of drug-likeness (QED) is 0.539. The van der Waals surface area contributed by atoms with Crippen LogP contribution in [-0.4, -0.2) is 78.2 Å². The lowest BCUT2D eigenvalue weighted by Gasteiger charge is -2.56. The summed E-state index contributed by atoms with van der Waals surface area (Å²) < 4.78 is 94.8. The molecule has 1 aromatic rings. The molecule has 1 saturated carbocycles. The third kappa shape index (κ3) is 5.06. The molecule has 4 aliphatic rings. The Balaban J connectivity index is 1.26. The SMILES string of the molecule is O=C(CN1CC2CC(C1)N2CC(=O)NC1(C(F)(F)F)CC1)Nc1cc(F)c(F)c(OC(F)F)c1. The molecular weight excluding hydrogens is 477 g/mol. The number of nitrogens with zero attached hydrogens (tertiary/aromatic N) is 2. The van der Waals surface area contributed by atoms with Crippen LogP contribution in [0.3, 0.4) is 0 Å². The maximum absolute atomic E-state index is 13.6. The second-order valence-corrected chi connectivity index (χ2v) is 8.73. The van der Waals surface area contributed by atoms with Crippen LogP contribution in [0.15, 0.2) is 12.1 Å². The molecule has 2 atom stereocenters. The number of piperazine rings is 1. The molecule has 7 nitrogen and oxygen atoms in total. The number of halogens is 7. The number of fused-ring (bicyclic) bond motifs is 2. The third-order valence-electron chi connectivity index (χ3n) is 6.28. The summed E-state index contributed by atoms with van der Waals surface area (Å²) in [5.41, 5.74) is -2.38. The summed E-state index contributed by atoms with van der Waals surface area (Å²) in [5.74, 6) is -5.44. The van der Waals surface area contributed by atoms with Gasteiger partial charge in [0.1, 0.15) is 5.54 Å². The number of alkyl halides is 5. The number of ether oxygens (including phenoxy) is 1. The molecular formula is C20H21F7N4O3. The number of carbonyl (C=O) groups is 2. The van der Waals surface area contributed by atoms with Gasteiger partial charge in [0.2, 0.25) is 17.6 Å². The van der Waals surface area contributed by atoms with E-state index in [4.69, 9.17) is 0 Å². The van der Waals surface area contributed by atoms with Gasteiger partial charge in [0, 0.05) is 43.0 Å². The molecule has 0 spiro atoms. The number of carbonyl (C=O) groups excluding carboxylic acids is 2. The van der Waals surface area contributed by atoms with Gasteiger partial charge in [-0.3, -0.25) is 19.4 Å². The normalized spacial score (nSPS) is 23.9. The monoisotopic (exact) mass is 498 g/mol. The Morgan fingerprint density at radius 3 is 2.29 bits per heavy atom. The number of amides is 2. The lowest BCUT2D eigenvalue weighted by atomic mass is 9.87. The second-order valence-electron chi connectivity index (χ2n) is 8.73. The molecule has 0 radical (unpaired) electrons. The topological polar surface area (TPSA) is 73.9 Å². The van der Waals surface area contributed by atoms with Crippen LogP contribution in [0.2, 0.25) is 0 Å². The molecule has 2 unspecified atom stereocenters. The molecule has 188 valence electrons. The van der Waals surface area contributed by atoms with Gasteiger partial charge in [-0.15, -0.1) is 0 Å². The highest BCUT2D eigenvalue weighted by atomic mass is 19.4. The minimum absolute atomic E-state index is 0.118. The smallest absolute Gasteiger partial charge is 0.411 e. The second kappa shape index (κ2) is 8.87. The number of anilines is 1. The van der Waals surface area contributed by atoms with Crippen molar-refractivity contribution >= 4 is 17.5 Å². The van der Waals surface area contributed by atoms with Crippen LogP contribution in [0.4, 0.5) is 36.4 Å². The highest BCUT2D eigenvalue weighted by Crippen LogP contribution is 2.49. The van der Waals surface area contributed by atoms with E-state index in [0.717, 1.165) is 12.5 Å². The fourth-order valence-electron chi connectivity index (χ4n) is 4.46. The van der Waals surface area contributed by atoms with Crippen molar-refractivity contribution in [2.75, 3.05) is 31.5 Å². The van der Waals surface area contributed by atoms with Crippen LogP contribution in [0.25, 0.3) is 0 Å².